The molecule has 0 aliphatic heterocycles. The van der Waals surface area contributed by atoms with Crippen LogP contribution >= 0.6 is 15.9 Å². The molecule has 2 aromatic rings. The van der Waals surface area contributed by atoms with Crippen molar-refractivity contribution in [3.05, 3.63) is 64.1 Å². The molecule has 2 aromatic carbocycles. The van der Waals surface area contributed by atoms with E-state index in [4.69, 9.17) is 0 Å². The molecule has 0 saturated carbocycles. The summed E-state index contributed by atoms with van der Waals surface area (Å²) in [5.74, 6) is -1.34. The molecule has 19 heavy (non-hydrogen) atoms. The third-order valence-corrected chi connectivity index (χ3v) is 3.30. The lowest BCUT2D eigenvalue weighted by Gasteiger charge is -2.18. The first-order chi connectivity index (χ1) is 9.00. The van der Waals surface area contributed by atoms with E-state index in [9.17, 15) is 13.6 Å². The van der Waals surface area contributed by atoms with Crippen LogP contribution in [0.2, 0.25) is 0 Å². The zero-order chi connectivity index (χ0) is 14.0. The molecule has 0 atom stereocenters. The minimum Gasteiger partial charge on any atom is -0.309 e. The first kappa shape index (κ1) is 13.7. The molecule has 98 valence electrons. The molecule has 0 aliphatic rings. The van der Waals surface area contributed by atoms with Crippen LogP contribution < -0.4 is 4.90 Å². The third-order valence-electron chi connectivity index (χ3n) is 2.69. The summed E-state index contributed by atoms with van der Waals surface area (Å²) in [5, 5.41) is 0. The third kappa shape index (κ3) is 2.81. The van der Waals surface area contributed by atoms with Crippen LogP contribution in [0.15, 0.2) is 46.9 Å². The van der Waals surface area contributed by atoms with Crippen LogP contribution in [-0.2, 0) is 0 Å². The van der Waals surface area contributed by atoms with Gasteiger partial charge in [-0.15, -0.1) is 0 Å². The van der Waals surface area contributed by atoms with Gasteiger partial charge in [-0.25, -0.2) is 8.78 Å². The van der Waals surface area contributed by atoms with E-state index in [1.807, 2.05) is 0 Å². The van der Waals surface area contributed by atoms with Crippen molar-refractivity contribution in [1.82, 2.24) is 0 Å². The van der Waals surface area contributed by atoms with Gasteiger partial charge in [-0.3, -0.25) is 4.79 Å². The van der Waals surface area contributed by atoms with E-state index < -0.39 is 17.5 Å². The summed E-state index contributed by atoms with van der Waals surface area (Å²) in [7, 11) is 1.47. The average molecular weight is 326 g/mol. The molecule has 2 rings (SSSR count). The van der Waals surface area contributed by atoms with E-state index in [0.29, 0.717) is 5.56 Å². The Bertz CT molecular complexity index is 613. The molecule has 0 saturated heterocycles. The monoisotopic (exact) mass is 325 g/mol. The number of benzene rings is 2. The van der Waals surface area contributed by atoms with Crippen LogP contribution in [0.5, 0.6) is 0 Å². The fourth-order valence-corrected chi connectivity index (χ4v) is 2.00. The number of anilines is 1. The van der Waals surface area contributed by atoms with Gasteiger partial charge < -0.3 is 4.90 Å². The van der Waals surface area contributed by atoms with Crippen molar-refractivity contribution in [2.24, 2.45) is 0 Å². The fraction of sp³-hybridized carbons (Fsp3) is 0.0714. The lowest BCUT2D eigenvalue weighted by atomic mass is 10.2. The Labute approximate surface area is 117 Å². The van der Waals surface area contributed by atoms with Crippen molar-refractivity contribution in [2.45, 2.75) is 0 Å². The fourth-order valence-electron chi connectivity index (χ4n) is 1.65. The van der Waals surface area contributed by atoms with Crippen LogP contribution in [0.3, 0.4) is 0 Å². The Morgan fingerprint density at radius 3 is 2.37 bits per heavy atom. The summed E-state index contributed by atoms with van der Waals surface area (Å²) in [6.45, 7) is 0. The van der Waals surface area contributed by atoms with Gasteiger partial charge in [-0.2, -0.15) is 0 Å². The first-order valence-electron chi connectivity index (χ1n) is 5.48. The number of carbonyl (C=O) groups excluding carboxylic acids is 1. The average Bonchev–Trinajstić information content (AvgIpc) is 2.41. The Balaban J connectivity index is 2.33. The van der Waals surface area contributed by atoms with Crippen molar-refractivity contribution >= 4 is 27.5 Å². The molecule has 0 aliphatic carbocycles. The van der Waals surface area contributed by atoms with Gasteiger partial charge in [0, 0.05) is 12.6 Å². The standard InChI is InChI=1S/C14H10BrF2NO/c1-18(12-4-2-3-11(15)13(12)17)14(19)9-5-7-10(16)8-6-9/h2-8H,1H3. The van der Waals surface area contributed by atoms with E-state index in [1.165, 1.54) is 42.3 Å². The second-order valence-electron chi connectivity index (χ2n) is 3.94. The van der Waals surface area contributed by atoms with E-state index in [1.54, 1.807) is 12.1 Å². The van der Waals surface area contributed by atoms with E-state index in [2.05, 4.69) is 15.9 Å². The normalized spacial score (nSPS) is 10.3. The van der Waals surface area contributed by atoms with Crippen molar-refractivity contribution in [3.63, 3.8) is 0 Å². The SMILES string of the molecule is CN(C(=O)c1ccc(F)cc1)c1cccc(Br)c1F. The molecule has 2 nitrogen and oxygen atoms in total. The lowest BCUT2D eigenvalue weighted by Crippen LogP contribution is -2.27. The van der Waals surface area contributed by atoms with Gasteiger partial charge in [0.2, 0.25) is 0 Å². The Morgan fingerprint density at radius 2 is 1.74 bits per heavy atom. The largest absolute Gasteiger partial charge is 0.309 e. The van der Waals surface area contributed by atoms with Crippen LogP contribution in [0.4, 0.5) is 14.5 Å². The van der Waals surface area contributed by atoms with Gasteiger partial charge >= 0.3 is 0 Å². The highest BCUT2D eigenvalue weighted by molar-refractivity contribution is 9.10. The van der Waals surface area contributed by atoms with Crippen LogP contribution in [0.25, 0.3) is 0 Å². The minimum atomic E-state index is -0.513. The molecule has 0 fully saturated rings. The summed E-state index contributed by atoms with van der Waals surface area (Å²) in [6, 6.07) is 9.80. The Kier molecular flexibility index (Phi) is 3.95. The van der Waals surface area contributed by atoms with Gasteiger partial charge in [-0.1, -0.05) is 6.07 Å². The highest BCUT2D eigenvalue weighted by Crippen LogP contribution is 2.26. The smallest absolute Gasteiger partial charge is 0.258 e. The zero-order valence-electron chi connectivity index (χ0n) is 10.0. The van der Waals surface area contributed by atoms with Gasteiger partial charge in [-0.05, 0) is 52.3 Å². The van der Waals surface area contributed by atoms with E-state index in [-0.39, 0.29) is 10.2 Å². The molecule has 0 aromatic heterocycles. The number of amides is 1. The molecular formula is C14H10BrF2NO. The predicted molar refractivity (Wildman–Crippen MR) is 73.2 cm³/mol. The maximum atomic E-state index is 13.9. The molecule has 0 bridgehead atoms. The molecule has 0 heterocycles. The highest BCUT2D eigenvalue weighted by Gasteiger charge is 2.17. The first-order valence-corrected chi connectivity index (χ1v) is 6.27. The lowest BCUT2D eigenvalue weighted by molar-refractivity contribution is 0.0992. The summed E-state index contributed by atoms with van der Waals surface area (Å²) in [4.78, 5) is 13.3. The molecule has 0 N–H and O–H groups in total. The quantitative estimate of drug-likeness (QED) is 0.817. The summed E-state index contributed by atoms with van der Waals surface area (Å²) >= 11 is 3.07. The molecule has 0 unspecified atom stereocenters. The van der Waals surface area contributed by atoms with Crippen molar-refractivity contribution in [3.8, 4) is 0 Å². The van der Waals surface area contributed by atoms with E-state index in [0.717, 1.165) is 0 Å². The number of rotatable bonds is 2. The molecule has 1 amide bonds. The van der Waals surface area contributed by atoms with Gasteiger partial charge in [0.1, 0.15) is 5.82 Å². The number of carbonyl (C=O) groups is 1. The van der Waals surface area contributed by atoms with Crippen LogP contribution in [0, 0.1) is 11.6 Å². The van der Waals surface area contributed by atoms with Gasteiger partial charge in [0.25, 0.3) is 5.91 Å². The number of nitrogens with zero attached hydrogens (tertiary/aromatic N) is 1. The number of hydrogen-bond donors (Lipinski definition) is 0. The van der Waals surface area contributed by atoms with Crippen LogP contribution in [-0.4, -0.2) is 13.0 Å². The zero-order valence-corrected chi connectivity index (χ0v) is 11.6. The van der Waals surface area contributed by atoms with Crippen molar-refractivity contribution in [1.29, 1.82) is 0 Å². The topological polar surface area (TPSA) is 20.3 Å². The predicted octanol–water partition coefficient (Wildman–Crippen LogP) is 4.00. The summed E-state index contributed by atoms with van der Waals surface area (Å²) in [5.41, 5.74) is 0.451. The highest BCUT2D eigenvalue weighted by atomic mass is 79.9. The van der Waals surface area contributed by atoms with Crippen molar-refractivity contribution in [2.75, 3.05) is 11.9 Å². The second kappa shape index (κ2) is 5.48. The molecule has 0 spiro atoms. The maximum Gasteiger partial charge on any atom is 0.258 e. The molecule has 5 heteroatoms. The summed E-state index contributed by atoms with van der Waals surface area (Å²) in [6.07, 6.45) is 0. The number of hydrogen-bond acceptors (Lipinski definition) is 1. The van der Waals surface area contributed by atoms with Crippen LogP contribution in [0.1, 0.15) is 10.4 Å². The van der Waals surface area contributed by atoms with E-state index >= 15 is 0 Å². The molecule has 0 radical (unpaired) electrons. The molecular weight excluding hydrogens is 316 g/mol. The van der Waals surface area contributed by atoms with Gasteiger partial charge in [0.05, 0.1) is 10.2 Å². The van der Waals surface area contributed by atoms with Crippen molar-refractivity contribution < 1.29 is 13.6 Å². The maximum absolute atomic E-state index is 13.9. The minimum absolute atomic E-state index is 0.156. The Morgan fingerprint density at radius 1 is 1.11 bits per heavy atom. The second-order valence-corrected chi connectivity index (χ2v) is 4.80. The summed E-state index contributed by atoms with van der Waals surface area (Å²) < 4.78 is 27.0. The van der Waals surface area contributed by atoms with Gasteiger partial charge in [0.15, 0.2) is 5.82 Å². The number of halogens is 3. The Hall–Kier alpha value is -1.75.